The first-order chi connectivity index (χ1) is 13.1. The Kier molecular flexibility index (Phi) is 6.73. The molecule has 0 saturated heterocycles. The zero-order valence-electron chi connectivity index (χ0n) is 14.5. The third-order valence-corrected chi connectivity index (χ3v) is 3.53. The molecule has 28 heavy (non-hydrogen) atoms. The highest BCUT2D eigenvalue weighted by atomic mass is 19.4. The summed E-state index contributed by atoms with van der Waals surface area (Å²) in [4.78, 5) is 16.7. The molecule has 1 atom stereocenters. The summed E-state index contributed by atoms with van der Waals surface area (Å²) in [6.45, 7) is 0.381. The summed E-state index contributed by atoms with van der Waals surface area (Å²) < 4.78 is 69.2. The maximum Gasteiger partial charge on any atom is 0.416 e. The summed E-state index contributed by atoms with van der Waals surface area (Å²) in [5.41, 5.74) is 0. The first-order valence-electron chi connectivity index (χ1n) is 7.99. The number of aromatic nitrogens is 1. The van der Waals surface area contributed by atoms with Gasteiger partial charge in [-0.2, -0.15) is 13.2 Å². The van der Waals surface area contributed by atoms with E-state index in [4.69, 9.17) is 9.84 Å². The summed E-state index contributed by atoms with van der Waals surface area (Å²) in [5, 5.41) is 11.4. The molecule has 11 heteroatoms. The molecular formula is C17H16F5N3O3. The lowest BCUT2D eigenvalue weighted by Gasteiger charge is -2.25. The number of pyridine rings is 1. The number of nitrogens with one attached hydrogen (secondary N) is 1. The number of benzene rings is 1. The first-order valence-corrected chi connectivity index (χ1v) is 7.99. The number of hydrogen-bond donors (Lipinski definition) is 2. The molecular weight excluding hydrogens is 389 g/mol. The Hall–Kier alpha value is -2.95. The summed E-state index contributed by atoms with van der Waals surface area (Å²) in [6, 6.07) is 4.31. The predicted molar refractivity (Wildman–Crippen MR) is 89.0 cm³/mol. The van der Waals surface area contributed by atoms with Crippen molar-refractivity contribution in [3.63, 3.8) is 0 Å². The zero-order chi connectivity index (χ0) is 20.9. The maximum absolute atomic E-state index is 13.6. The molecule has 2 N–H and O–H groups in total. The molecule has 2 rings (SSSR count). The Labute approximate surface area is 156 Å². The van der Waals surface area contributed by atoms with E-state index in [0.717, 1.165) is 17.0 Å². The van der Waals surface area contributed by atoms with Crippen LogP contribution in [0.5, 0.6) is 11.5 Å². The number of anilines is 1. The number of alkyl halides is 3. The highest BCUT2D eigenvalue weighted by Crippen LogP contribution is 2.26. The monoisotopic (exact) mass is 405 g/mol. The van der Waals surface area contributed by atoms with Crippen molar-refractivity contribution in [1.29, 1.82) is 0 Å². The van der Waals surface area contributed by atoms with E-state index in [1.807, 2.05) is 0 Å². The van der Waals surface area contributed by atoms with Crippen LogP contribution in [-0.4, -0.2) is 46.4 Å². The molecule has 0 unspecified atom stereocenters. The molecule has 152 valence electrons. The molecule has 1 aromatic heterocycles. The molecule has 0 spiro atoms. The topological polar surface area (TPSA) is 74.7 Å². The molecule has 0 aliphatic rings. The number of halogens is 5. The van der Waals surface area contributed by atoms with Crippen LogP contribution in [0.3, 0.4) is 0 Å². The molecule has 6 nitrogen and oxygen atoms in total. The third kappa shape index (κ3) is 5.78. The second-order valence-electron chi connectivity index (χ2n) is 5.58. The summed E-state index contributed by atoms with van der Waals surface area (Å²) in [5.74, 6) is -2.03. The Balaban J connectivity index is 2.07. The van der Waals surface area contributed by atoms with Gasteiger partial charge in [0.15, 0.2) is 17.7 Å². The van der Waals surface area contributed by atoms with Crippen LogP contribution in [0.4, 0.5) is 32.6 Å². The average Bonchev–Trinajstić information content (AvgIpc) is 2.61. The molecule has 0 aliphatic heterocycles. The summed E-state index contributed by atoms with van der Waals surface area (Å²) >= 11 is 0. The van der Waals surface area contributed by atoms with E-state index in [0.29, 0.717) is 6.07 Å². The fraction of sp³-hybridized carbons (Fsp3) is 0.294. The van der Waals surface area contributed by atoms with E-state index >= 15 is 0 Å². The highest BCUT2D eigenvalue weighted by molar-refractivity contribution is 5.88. The fourth-order valence-electron chi connectivity index (χ4n) is 2.08. The van der Waals surface area contributed by atoms with E-state index in [2.05, 4.69) is 10.3 Å². The third-order valence-electron chi connectivity index (χ3n) is 3.53. The Bertz CT molecular complexity index is 832. The van der Waals surface area contributed by atoms with Gasteiger partial charge in [0, 0.05) is 24.9 Å². The largest absolute Gasteiger partial charge is 0.454 e. The predicted octanol–water partition coefficient (Wildman–Crippen LogP) is 3.93. The number of hydrogen-bond acceptors (Lipinski definition) is 4. The average molecular weight is 405 g/mol. The van der Waals surface area contributed by atoms with Gasteiger partial charge in [-0.25, -0.2) is 18.6 Å². The molecule has 0 bridgehead atoms. The van der Waals surface area contributed by atoms with E-state index in [9.17, 15) is 26.7 Å². The molecule has 0 aliphatic carbocycles. The van der Waals surface area contributed by atoms with Gasteiger partial charge >= 0.3 is 12.2 Å². The molecule has 0 fully saturated rings. The number of aliphatic hydroxyl groups excluding tert-OH is 1. The number of carbonyl (C=O) groups excluding carboxylic acids is 1. The minimum Gasteiger partial charge on any atom is -0.454 e. The number of urea groups is 1. The Morgan fingerprint density at radius 1 is 1.29 bits per heavy atom. The van der Waals surface area contributed by atoms with Crippen molar-refractivity contribution in [3.8, 4) is 11.5 Å². The second kappa shape index (κ2) is 8.83. The lowest BCUT2D eigenvalue weighted by Crippen LogP contribution is -2.45. The number of nitrogens with zero attached hydrogens (tertiary/aromatic N) is 2. The number of likely N-dealkylation sites (N-methyl/N-ethyl adjacent to an activating group) is 1. The molecule has 1 heterocycles. The van der Waals surface area contributed by atoms with Crippen LogP contribution < -0.4 is 10.1 Å². The van der Waals surface area contributed by atoms with Crippen LogP contribution in [0, 0.1) is 11.6 Å². The smallest absolute Gasteiger partial charge is 0.416 e. The fourth-order valence-corrected chi connectivity index (χ4v) is 2.08. The van der Waals surface area contributed by atoms with E-state index in [1.165, 1.54) is 25.3 Å². The van der Waals surface area contributed by atoms with Gasteiger partial charge in [0.1, 0.15) is 17.4 Å². The van der Waals surface area contributed by atoms with Crippen molar-refractivity contribution in [2.45, 2.75) is 19.2 Å². The van der Waals surface area contributed by atoms with Gasteiger partial charge in [0.2, 0.25) is 0 Å². The lowest BCUT2D eigenvalue weighted by atomic mass is 10.3. The van der Waals surface area contributed by atoms with Crippen molar-refractivity contribution >= 4 is 11.8 Å². The highest BCUT2D eigenvalue weighted by Gasteiger charge is 2.39. The SMILES string of the molecule is CCN(C[C@@H](O)C(F)(F)F)C(=O)Nc1cc(Oc2ccc(F)cc2F)ccn1. The van der Waals surface area contributed by atoms with E-state index < -0.39 is 36.5 Å². The van der Waals surface area contributed by atoms with Crippen molar-refractivity contribution < 1.29 is 36.6 Å². The van der Waals surface area contributed by atoms with Gasteiger partial charge in [-0.05, 0) is 25.1 Å². The van der Waals surface area contributed by atoms with Crippen LogP contribution in [-0.2, 0) is 0 Å². The van der Waals surface area contributed by atoms with Crippen molar-refractivity contribution in [3.05, 3.63) is 48.2 Å². The van der Waals surface area contributed by atoms with Crippen LogP contribution in [0.2, 0.25) is 0 Å². The van der Waals surface area contributed by atoms with Gasteiger partial charge in [-0.15, -0.1) is 0 Å². The van der Waals surface area contributed by atoms with Crippen molar-refractivity contribution in [1.82, 2.24) is 9.88 Å². The number of carbonyl (C=O) groups is 1. The number of aliphatic hydroxyl groups is 1. The lowest BCUT2D eigenvalue weighted by molar-refractivity contribution is -0.206. The zero-order valence-corrected chi connectivity index (χ0v) is 14.5. The minimum absolute atomic E-state index is 0.0502. The normalized spacial score (nSPS) is 12.4. The minimum atomic E-state index is -4.86. The number of ether oxygens (including phenoxy) is 1. The Morgan fingerprint density at radius 2 is 2.00 bits per heavy atom. The first kappa shape index (κ1) is 21.4. The quantitative estimate of drug-likeness (QED) is 0.715. The van der Waals surface area contributed by atoms with Crippen LogP contribution in [0.15, 0.2) is 36.5 Å². The number of amides is 2. The van der Waals surface area contributed by atoms with Crippen molar-refractivity contribution in [2.24, 2.45) is 0 Å². The van der Waals surface area contributed by atoms with Gasteiger partial charge in [-0.3, -0.25) is 5.32 Å². The standard InChI is InChI=1S/C17H16F5N3O3/c1-2-25(9-14(26)17(20,21)22)16(27)24-15-8-11(5-6-23-15)28-13-4-3-10(18)7-12(13)19/h3-8,14,26H,2,9H2,1H3,(H,23,24,27)/t14-/m1/s1. The van der Waals surface area contributed by atoms with Crippen LogP contribution in [0.1, 0.15) is 6.92 Å². The van der Waals surface area contributed by atoms with Gasteiger partial charge in [0.25, 0.3) is 0 Å². The maximum atomic E-state index is 13.6. The molecule has 0 radical (unpaired) electrons. The van der Waals surface area contributed by atoms with Gasteiger partial charge < -0.3 is 14.7 Å². The summed E-state index contributed by atoms with van der Waals surface area (Å²) in [7, 11) is 0. The van der Waals surface area contributed by atoms with Crippen molar-refractivity contribution in [2.75, 3.05) is 18.4 Å². The van der Waals surface area contributed by atoms with E-state index in [-0.39, 0.29) is 23.9 Å². The molecule has 2 amide bonds. The molecule has 2 aromatic rings. The second-order valence-corrected chi connectivity index (χ2v) is 5.58. The number of rotatable bonds is 6. The van der Waals surface area contributed by atoms with Crippen LogP contribution >= 0.6 is 0 Å². The Morgan fingerprint density at radius 3 is 2.61 bits per heavy atom. The summed E-state index contributed by atoms with van der Waals surface area (Å²) in [6.07, 6.45) is -6.34. The van der Waals surface area contributed by atoms with Gasteiger partial charge in [-0.1, -0.05) is 0 Å². The van der Waals surface area contributed by atoms with Crippen LogP contribution in [0.25, 0.3) is 0 Å². The van der Waals surface area contributed by atoms with E-state index in [1.54, 1.807) is 0 Å². The molecule has 0 saturated carbocycles. The van der Waals surface area contributed by atoms with Gasteiger partial charge in [0.05, 0.1) is 6.54 Å². The molecule has 1 aromatic carbocycles.